The SMILES string of the molecule is CN1CCN([C@@H](CCC(=O)OCc2ccccc2)C(=O)OC(C)(C)C)Cc2cccc(n2)CN([C@@H](CCC(=O)OCc2ccccc2)C(=O)OC(C)(C)C)CC1. The number of nitrogens with zero attached hydrogens (tertiary/aromatic N) is 4. The van der Waals surface area contributed by atoms with E-state index < -0.39 is 47.2 Å². The standard InChI is InChI=1S/C44H60N4O8/c1-43(2,3)55-41(51)37(21-23-39(49)53-31-33-15-10-8-11-16-33)47-27-25-46(7)26-28-48(30-36-20-14-19-35(29-47)45-36)38(42(52)56-44(4,5)6)22-24-40(50)54-32-34-17-12-9-13-18-34/h8-20,37-38H,21-32H2,1-7H3/t37-,38-/m0/s1. The van der Waals surface area contributed by atoms with Crippen molar-refractivity contribution in [1.82, 2.24) is 19.7 Å². The van der Waals surface area contributed by atoms with E-state index >= 15 is 0 Å². The Morgan fingerprint density at radius 1 is 0.589 bits per heavy atom. The van der Waals surface area contributed by atoms with Crippen LogP contribution in [0.5, 0.6) is 0 Å². The van der Waals surface area contributed by atoms with Crippen LogP contribution in [0.4, 0.5) is 0 Å². The number of rotatable bonds is 14. The number of hydrogen-bond acceptors (Lipinski definition) is 12. The molecule has 2 aromatic carbocycles. The highest BCUT2D eigenvalue weighted by atomic mass is 16.6. The van der Waals surface area contributed by atoms with E-state index in [4.69, 9.17) is 23.9 Å². The van der Waals surface area contributed by atoms with Crippen LogP contribution in [-0.4, -0.2) is 100 Å². The molecule has 12 nitrogen and oxygen atoms in total. The van der Waals surface area contributed by atoms with Crippen LogP contribution in [0.1, 0.15) is 89.7 Å². The van der Waals surface area contributed by atoms with Gasteiger partial charge in [0.05, 0.1) is 11.4 Å². The van der Waals surface area contributed by atoms with Crippen LogP contribution in [0.25, 0.3) is 0 Å². The van der Waals surface area contributed by atoms with Crippen LogP contribution in [0.15, 0.2) is 78.9 Å². The Hall–Kier alpha value is -4.65. The maximum absolute atomic E-state index is 13.8. The zero-order chi connectivity index (χ0) is 40.7. The third-order valence-corrected chi connectivity index (χ3v) is 9.10. The molecule has 0 unspecified atom stereocenters. The van der Waals surface area contributed by atoms with Crippen molar-refractivity contribution in [1.29, 1.82) is 0 Å². The lowest BCUT2D eigenvalue weighted by atomic mass is 10.1. The van der Waals surface area contributed by atoms with Crippen LogP contribution in [0.3, 0.4) is 0 Å². The molecule has 2 heterocycles. The van der Waals surface area contributed by atoms with Crippen molar-refractivity contribution < 1.29 is 38.1 Å². The molecule has 2 bridgehead atoms. The predicted molar refractivity (Wildman–Crippen MR) is 213 cm³/mol. The summed E-state index contributed by atoms with van der Waals surface area (Å²) in [5, 5.41) is 0. The Bertz CT molecular complexity index is 1590. The summed E-state index contributed by atoms with van der Waals surface area (Å²) in [5.41, 5.74) is 1.78. The largest absolute Gasteiger partial charge is 0.461 e. The van der Waals surface area contributed by atoms with Crippen molar-refractivity contribution in [2.45, 2.75) is 117 Å². The van der Waals surface area contributed by atoms with E-state index in [1.807, 2.05) is 137 Å². The minimum Gasteiger partial charge on any atom is -0.461 e. The van der Waals surface area contributed by atoms with E-state index in [0.29, 0.717) is 39.3 Å². The molecule has 0 N–H and O–H groups in total. The first-order chi connectivity index (χ1) is 26.5. The van der Waals surface area contributed by atoms with Gasteiger partial charge in [-0.05, 0) is 84.7 Å². The maximum Gasteiger partial charge on any atom is 0.323 e. The molecular weight excluding hydrogens is 713 g/mol. The molecule has 12 heteroatoms. The van der Waals surface area contributed by atoms with E-state index in [1.54, 1.807) is 0 Å². The highest BCUT2D eigenvalue weighted by Gasteiger charge is 2.34. The number of pyridine rings is 1. The number of hydrogen-bond donors (Lipinski definition) is 0. The normalized spacial score (nSPS) is 16.1. The topological polar surface area (TPSA) is 128 Å². The van der Waals surface area contributed by atoms with Crippen LogP contribution < -0.4 is 0 Å². The van der Waals surface area contributed by atoms with E-state index in [-0.39, 0.29) is 38.9 Å². The number of likely N-dealkylation sites (N-methyl/N-ethyl adjacent to an activating group) is 1. The fourth-order valence-electron chi connectivity index (χ4n) is 6.29. The summed E-state index contributed by atoms with van der Waals surface area (Å²) in [5.74, 6) is -1.60. The number of ether oxygens (including phenoxy) is 4. The van der Waals surface area contributed by atoms with Gasteiger partial charge in [0.25, 0.3) is 0 Å². The molecule has 1 aliphatic heterocycles. The molecular formula is C44H60N4O8. The molecule has 1 aromatic heterocycles. The Balaban J connectivity index is 1.54. The van der Waals surface area contributed by atoms with Crippen LogP contribution >= 0.6 is 0 Å². The van der Waals surface area contributed by atoms with Crippen LogP contribution in [0.2, 0.25) is 0 Å². The second kappa shape index (κ2) is 21.0. The molecule has 56 heavy (non-hydrogen) atoms. The van der Waals surface area contributed by atoms with Gasteiger partial charge in [-0.3, -0.25) is 34.0 Å². The lowest BCUT2D eigenvalue weighted by molar-refractivity contribution is -0.163. The fraction of sp³-hybridized carbons (Fsp3) is 0.523. The summed E-state index contributed by atoms with van der Waals surface area (Å²) >= 11 is 0. The third-order valence-electron chi connectivity index (χ3n) is 9.10. The molecule has 3 aromatic rings. The fourth-order valence-corrected chi connectivity index (χ4v) is 6.29. The number of fused-ring (bicyclic) bond motifs is 2. The minimum absolute atomic E-state index is 0.0391. The van der Waals surface area contributed by atoms with Crippen molar-refractivity contribution in [2.24, 2.45) is 0 Å². The second-order valence-electron chi connectivity index (χ2n) is 16.3. The Kier molecular flexibility index (Phi) is 16.6. The molecule has 0 radical (unpaired) electrons. The summed E-state index contributed by atoms with van der Waals surface area (Å²) < 4.78 is 22.9. The van der Waals surface area contributed by atoms with E-state index in [2.05, 4.69) is 4.90 Å². The lowest BCUT2D eigenvalue weighted by Crippen LogP contribution is -2.49. The van der Waals surface area contributed by atoms with Gasteiger partial charge in [0.1, 0.15) is 36.5 Å². The molecule has 4 rings (SSSR count). The molecule has 0 saturated carbocycles. The first-order valence-corrected chi connectivity index (χ1v) is 19.5. The Morgan fingerprint density at radius 2 is 0.982 bits per heavy atom. The third kappa shape index (κ3) is 15.8. The molecule has 304 valence electrons. The molecule has 0 saturated heterocycles. The van der Waals surface area contributed by atoms with Crippen molar-refractivity contribution in [3.63, 3.8) is 0 Å². The highest BCUT2D eigenvalue weighted by molar-refractivity contribution is 5.78. The van der Waals surface area contributed by atoms with E-state index in [1.165, 1.54) is 0 Å². The zero-order valence-electron chi connectivity index (χ0n) is 34.2. The average molecular weight is 773 g/mol. The number of carbonyl (C=O) groups excluding carboxylic acids is 4. The summed E-state index contributed by atoms with van der Waals surface area (Å²) in [6, 6.07) is 23.2. The number of aromatic nitrogens is 1. The summed E-state index contributed by atoms with van der Waals surface area (Å²) in [6.07, 6.45) is 0.505. The Morgan fingerprint density at radius 3 is 1.36 bits per heavy atom. The van der Waals surface area contributed by atoms with Crippen molar-refractivity contribution in [3.05, 3.63) is 101 Å². The van der Waals surface area contributed by atoms with E-state index in [0.717, 1.165) is 22.5 Å². The molecule has 0 aliphatic carbocycles. The molecule has 1 aliphatic rings. The van der Waals surface area contributed by atoms with Crippen molar-refractivity contribution in [2.75, 3.05) is 33.2 Å². The number of esters is 4. The summed E-state index contributed by atoms with van der Waals surface area (Å²) in [4.78, 5) is 64.6. The number of carbonyl (C=O) groups is 4. The average Bonchev–Trinajstić information content (AvgIpc) is 3.13. The van der Waals surface area contributed by atoms with Gasteiger partial charge in [-0.1, -0.05) is 66.7 Å². The minimum atomic E-state index is -0.727. The first-order valence-electron chi connectivity index (χ1n) is 19.5. The number of benzene rings is 2. The molecule has 0 spiro atoms. The lowest BCUT2D eigenvalue weighted by Gasteiger charge is -2.36. The van der Waals surface area contributed by atoms with Gasteiger partial charge < -0.3 is 23.8 Å². The zero-order valence-corrected chi connectivity index (χ0v) is 34.2. The molecule has 0 fully saturated rings. The van der Waals surface area contributed by atoms with Gasteiger partial charge in [0.2, 0.25) is 0 Å². The predicted octanol–water partition coefficient (Wildman–Crippen LogP) is 6.10. The van der Waals surface area contributed by atoms with E-state index in [9.17, 15) is 19.2 Å². The highest BCUT2D eigenvalue weighted by Crippen LogP contribution is 2.22. The summed E-state index contributed by atoms with van der Waals surface area (Å²) in [7, 11) is 1.99. The van der Waals surface area contributed by atoms with Crippen molar-refractivity contribution >= 4 is 23.9 Å². The smallest absolute Gasteiger partial charge is 0.323 e. The van der Waals surface area contributed by atoms with Gasteiger partial charge in [0.15, 0.2) is 0 Å². The van der Waals surface area contributed by atoms with Crippen LogP contribution in [-0.2, 0) is 64.4 Å². The second-order valence-corrected chi connectivity index (χ2v) is 16.3. The molecule has 0 amide bonds. The van der Waals surface area contributed by atoms with Gasteiger partial charge >= 0.3 is 23.9 Å². The quantitative estimate of drug-likeness (QED) is 0.139. The molecule has 2 atom stereocenters. The Labute approximate surface area is 332 Å². The van der Waals surface area contributed by atoms with Gasteiger partial charge in [-0.25, -0.2) is 0 Å². The van der Waals surface area contributed by atoms with Crippen molar-refractivity contribution in [3.8, 4) is 0 Å². The first kappa shape index (κ1) is 44.1. The summed E-state index contributed by atoms with van der Waals surface area (Å²) in [6.45, 7) is 14.1. The van der Waals surface area contributed by atoms with Gasteiger partial charge in [0, 0.05) is 52.1 Å². The van der Waals surface area contributed by atoms with Crippen LogP contribution in [0, 0.1) is 0 Å². The van der Waals surface area contributed by atoms with Gasteiger partial charge in [-0.15, -0.1) is 0 Å². The maximum atomic E-state index is 13.8. The van der Waals surface area contributed by atoms with Gasteiger partial charge in [-0.2, -0.15) is 0 Å². The monoisotopic (exact) mass is 772 g/mol.